The summed E-state index contributed by atoms with van der Waals surface area (Å²) in [5.41, 5.74) is 2.30. The van der Waals surface area contributed by atoms with E-state index < -0.39 is 47.0 Å². The number of phenolic OH excluding ortho intramolecular Hbond substituents is 1. The molecular formula is C27H24F5N3O2. The quantitative estimate of drug-likeness (QED) is 0.249. The molecule has 2 aromatic carbocycles. The lowest BCUT2D eigenvalue weighted by Crippen LogP contribution is -2.22. The highest BCUT2D eigenvalue weighted by molar-refractivity contribution is 5.92. The lowest BCUT2D eigenvalue weighted by atomic mass is 9.85. The number of aromatic hydroxyl groups is 1. The second kappa shape index (κ2) is 10.1. The lowest BCUT2D eigenvalue weighted by molar-refractivity contribution is -0.115. The van der Waals surface area contributed by atoms with Crippen LogP contribution in [0.2, 0.25) is 0 Å². The number of nitrogens with one attached hydrogen (secondary N) is 1. The van der Waals surface area contributed by atoms with Gasteiger partial charge in [-0.2, -0.15) is 0 Å². The Labute approximate surface area is 209 Å². The molecule has 0 radical (unpaired) electrons. The van der Waals surface area contributed by atoms with Crippen LogP contribution >= 0.6 is 0 Å². The number of aryl methyl sites for hydroxylation is 2. The van der Waals surface area contributed by atoms with E-state index >= 15 is 0 Å². The predicted octanol–water partition coefficient (Wildman–Crippen LogP) is 5.95. The fourth-order valence-corrected chi connectivity index (χ4v) is 5.22. The van der Waals surface area contributed by atoms with Gasteiger partial charge in [-0.3, -0.25) is 4.79 Å². The summed E-state index contributed by atoms with van der Waals surface area (Å²) in [7, 11) is 0. The second-order valence-electron chi connectivity index (χ2n) is 9.64. The molecule has 1 saturated carbocycles. The van der Waals surface area contributed by atoms with Gasteiger partial charge in [-0.05, 0) is 48.9 Å². The monoisotopic (exact) mass is 517 g/mol. The number of hydrogen-bond acceptors (Lipinski definition) is 4. The molecule has 1 heterocycles. The maximum atomic E-state index is 14.1. The summed E-state index contributed by atoms with van der Waals surface area (Å²) in [4.78, 5) is 22.2. The van der Waals surface area contributed by atoms with Gasteiger partial charge < -0.3 is 10.4 Å². The third-order valence-corrected chi connectivity index (χ3v) is 7.12. The molecule has 5 rings (SSSR count). The van der Waals surface area contributed by atoms with Gasteiger partial charge in [0.25, 0.3) is 0 Å². The van der Waals surface area contributed by atoms with Crippen LogP contribution in [0, 0.1) is 35.0 Å². The van der Waals surface area contributed by atoms with Crippen molar-refractivity contribution >= 4 is 11.7 Å². The first-order valence-corrected chi connectivity index (χ1v) is 12.2. The molecule has 0 aliphatic heterocycles. The first-order chi connectivity index (χ1) is 17.7. The van der Waals surface area contributed by atoms with Crippen molar-refractivity contribution in [3.63, 3.8) is 0 Å². The van der Waals surface area contributed by atoms with Gasteiger partial charge in [-0.1, -0.05) is 32.1 Å². The van der Waals surface area contributed by atoms with Crippen LogP contribution in [0.15, 0.2) is 18.2 Å². The highest BCUT2D eigenvalue weighted by atomic mass is 19.2. The highest BCUT2D eigenvalue weighted by Gasteiger charge is 2.28. The predicted molar refractivity (Wildman–Crippen MR) is 125 cm³/mol. The first-order valence-electron chi connectivity index (χ1n) is 12.2. The minimum absolute atomic E-state index is 0.125. The number of benzene rings is 2. The molecule has 5 nitrogen and oxygen atoms in total. The highest BCUT2D eigenvalue weighted by Crippen LogP contribution is 2.36. The summed E-state index contributed by atoms with van der Waals surface area (Å²) in [5.74, 6) is -10.9. The van der Waals surface area contributed by atoms with Crippen LogP contribution < -0.4 is 5.32 Å². The van der Waals surface area contributed by atoms with Crippen molar-refractivity contribution in [3.05, 3.63) is 69.8 Å². The third-order valence-electron chi connectivity index (χ3n) is 7.12. The molecule has 0 saturated heterocycles. The van der Waals surface area contributed by atoms with E-state index in [1.165, 1.54) is 0 Å². The SMILES string of the molecule is O=C(Cc1c(F)c(F)c(F)c(F)c1F)Nc1nc2c(nc1CC1CCCCC1)-c1ccc(O)cc1CC2. The molecule has 0 atom stereocenters. The number of phenols is 1. The van der Waals surface area contributed by atoms with E-state index in [4.69, 9.17) is 4.98 Å². The van der Waals surface area contributed by atoms with Gasteiger partial charge in [0.05, 0.1) is 23.5 Å². The molecule has 0 bridgehead atoms. The largest absolute Gasteiger partial charge is 0.508 e. The summed E-state index contributed by atoms with van der Waals surface area (Å²) >= 11 is 0. The zero-order valence-electron chi connectivity index (χ0n) is 19.8. The van der Waals surface area contributed by atoms with Crippen LogP contribution in [-0.4, -0.2) is 21.0 Å². The van der Waals surface area contributed by atoms with Gasteiger partial charge >= 0.3 is 0 Å². The molecule has 1 aromatic heterocycles. The average Bonchev–Trinajstić information content (AvgIpc) is 2.89. The molecule has 2 aliphatic carbocycles. The van der Waals surface area contributed by atoms with Crippen LogP contribution in [0.5, 0.6) is 5.75 Å². The summed E-state index contributed by atoms with van der Waals surface area (Å²) in [5, 5.41) is 12.4. The van der Waals surface area contributed by atoms with Gasteiger partial charge in [-0.15, -0.1) is 0 Å². The maximum Gasteiger partial charge on any atom is 0.230 e. The van der Waals surface area contributed by atoms with E-state index in [2.05, 4.69) is 10.3 Å². The van der Waals surface area contributed by atoms with Crippen LogP contribution in [-0.2, 0) is 30.5 Å². The van der Waals surface area contributed by atoms with Gasteiger partial charge in [0.15, 0.2) is 29.1 Å². The number of rotatable bonds is 5. The molecule has 1 fully saturated rings. The van der Waals surface area contributed by atoms with E-state index in [1.54, 1.807) is 18.2 Å². The average molecular weight is 517 g/mol. The van der Waals surface area contributed by atoms with Gasteiger partial charge in [-0.25, -0.2) is 31.9 Å². The second-order valence-corrected chi connectivity index (χ2v) is 9.64. The van der Waals surface area contributed by atoms with Crippen LogP contribution in [0.25, 0.3) is 11.3 Å². The summed E-state index contributed by atoms with van der Waals surface area (Å²) in [6.07, 6.45) is 5.81. The number of nitrogens with zero attached hydrogens (tertiary/aromatic N) is 2. The van der Waals surface area contributed by atoms with Gasteiger partial charge in [0.2, 0.25) is 11.7 Å². The minimum Gasteiger partial charge on any atom is -0.508 e. The molecule has 194 valence electrons. The van der Waals surface area contributed by atoms with E-state index in [0.717, 1.165) is 43.2 Å². The summed E-state index contributed by atoms with van der Waals surface area (Å²) < 4.78 is 68.9. The molecule has 1 amide bonds. The Morgan fingerprint density at radius 2 is 1.59 bits per heavy atom. The summed E-state index contributed by atoms with van der Waals surface area (Å²) in [6.45, 7) is 0. The number of aromatic nitrogens is 2. The zero-order valence-corrected chi connectivity index (χ0v) is 19.8. The van der Waals surface area contributed by atoms with Crippen molar-refractivity contribution in [2.75, 3.05) is 5.32 Å². The molecule has 2 N–H and O–H groups in total. The molecule has 10 heteroatoms. The third kappa shape index (κ3) is 4.89. The molecule has 2 aliphatic rings. The van der Waals surface area contributed by atoms with E-state index in [0.29, 0.717) is 42.3 Å². The van der Waals surface area contributed by atoms with Crippen molar-refractivity contribution in [2.24, 2.45) is 5.92 Å². The van der Waals surface area contributed by atoms with Crippen LogP contribution in [0.4, 0.5) is 27.8 Å². The molecule has 3 aromatic rings. The molecular weight excluding hydrogens is 493 g/mol. The number of carbonyl (C=O) groups excluding carboxylic acids is 1. The lowest BCUT2D eigenvalue weighted by Gasteiger charge is -2.24. The van der Waals surface area contributed by atoms with Crippen LogP contribution in [0.1, 0.15) is 54.6 Å². The number of amides is 1. The van der Waals surface area contributed by atoms with E-state index in [1.807, 2.05) is 0 Å². The van der Waals surface area contributed by atoms with Crippen molar-refractivity contribution in [2.45, 2.75) is 57.8 Å². The first kappa shape index (κ1) is 25.1. The molecule has 0 spiro atoms. The van der Waals surface area contributed by atoms with Crippen molar-refractivity contribution in [1.82, 2.24) is 9.97 Å². The number of hydrogen-bond donors (Lipinski definition) is 2. The smallest absolute Gasteiger partial charge is 0.230 e. The Kier molecular flexibility index (Phi) is 6.83. The van der Waals surface area contributed by atoms with Crippen LogP contribution in [0.3, 0.4) is 0 Å². The fourth-order valence-electron chi connectivity index (χ4n) is 5.22. The normalized spacial score (nSPS) is 15.3. The van der Waals surface area contributed by atoms with Gasteiger partial charge in [0, 0.05) is 11.1 Å². The molecule has 0 unspecified atom stereocenters. The Morgan fingerprint density at radius 1 is 0.919 bits per heavy atom. The van der Waals surface area contributed by atoms with Crippen molar-refractivity contribution in [3.8, 4) is 17.0 Å². The number of halogens is 5. The Balaban J connectivity index is 1.49. The fraction of sp³-hybridized carbons (Fsp3) is 0.370. The van der Waals surface area contributed by atoms with E-state index in [-0.39, 0.29) is 11.6 Å². The standard InChI is InChI=1S/C27H24F5N3O2/c28-21-17(22(29)24(31)25(32)23(21)30)12-20(37)35-27-19(10-13-4-2-1-3-5-13)33-26-16-8-7-15(36)11-14(16)6-9-18(26)34-27/h7-8,11,13,36H,1-6,9-10,12H2,(H,34,35,37). The van der Waals surface area contributed by atoms with Gasteiger partial charge in [0.1, 0.15) is 5.75 Å². The van der Waals surface area contributed by atoms with Crippen molar-refractivity contribution < 1.29 is 31.9 Å². The number of carbonyl (C=O) groups is 1. The Hall–Kier alpha value is -3.56. The van der Waals surface area contributed by atoms with E-state index in [9.17, 15) is 31.9 Å². The Bertz CT molecular complexity index is 1360. The number of anilines is 1. The zero-order chi connectivity index (χ0) is 26.3. The number of fused-ring (bicyclic) bond motifs is 3. The van der Waals surface area contributed by atoms with Crippen molar-refractivity contribution in [1.29, 1.82) is 0 Å². The molecule has 37 heavy (non-hydrogen) atoms. The summed E-state index contributed by atoms with van der Waals surface area (Å²) in [6, 6.07) is 5.01. The minimum atomic E-state index is -2.27. The topological polar surface area (TPSA) is 75.1 Å². The Morgan fingerprint density at radius 3 is 2.30 bits per heavy atom. The maximum absolute atomic E-state index is 14.1.